The molecule has 0 radical (unpaired) electrons. The highest BCUT2D eigenvalue weighted by atomic mass is 35.5. The third-order valence-electron chi connectivity index (χ3n) is 7.10. The van der Waals surface area contributed by atoms with Crippen molar-refractivity contribution in [2.24, 2.45) is 0 Å². The minimum absolute atomic E-state index is 0.00236. The number of rotatable bonds is 14. The van der Waals surface area contributed by atoms with Crippen LogP contribution in [0.1, 0.15) is 56.7 Å². The van der Waals surface area contributed by atoms with Crippen molar-refractivity contribution >= 4 is 50.7 Å². The van der Waals surface area contributed by atoms with Crippen molar-refractivity contribution < 1.29 is 18.0 Å². The second-order valence-electron chi connectivity index (χ2n) is 10.1. The average Bonchev–Trinajstić information content (AvgIpc) is 2.97. The van der Waals surface area contributed by atoms with E-state index in [4.69, 9.17) is 23.2 Å². The summed E-state index contributed by atoms with van der Waals surface area (Å²) in [6.07, 6.45) is 2.59. The monoisotopic (exact) mass is 631 g/mol. The number of benzene rings is 3. The van der Waals surface area contributed by atoms with Crippen LogP contribution in [0.3, 0.4) is 0 Å². The molecule has 0 aromatic heterocycles. The molecular formula is C32H39Cl2N3O4S. The molecule has 7 nitrogen and oxygen atoms in total. The third kappa shape index (κ3) is 8.27. The number of hydrogen-bond donors (Lipinski definition) is 1. The molecule has 2 amide bonds. The van der Waals surface area contributed by atoms with Gasteiger partial charge >= 0.3 is 0 Å². The fraction of sp³-hybridized carbons (Fsp3) is 0.375. The summed E-state index contributed by atoms with van der Waals surface area (Å²) in [7, 11) is -4.15. The molecule has 0 aliphatic heterocycles. The van der Waals surface area contributed by atoms with Crippen LogP contribution in [0.15, 0.2) is 71.6 Å². The van der Waals surface area contributed by atoms with Gasteiger partial charge in [0.25, 0.3) is 10.0 Å². The first-order chi connectivity index (χ1) is 20.0. The number of aryl methyl sites for hydroxylation is 2. The minimum atomic E-state index is -4.15. The average molecular weight is 633 g/mol. The van der Waals surface area contributed by atoms with Crippen LogP contribution in [0, 0.1) is 6.92 Å². The number of nitrogens with zero attached hydrogens (tertiary/aromatic N) is 2. The second-order valence-corrected chi connectivity index (χ2v) is 12.8. The molecule has 10 heteroatoms. The van der Waals surface area contributed by atoms with Crippen molar-refractivity contribution in [1.82, 2.24) is 10.2 Å². The lowest BCUT2D eigenvalue weighted by atomic mass is 10.1. The van der Waals surface area contributed by atoms with E-state index in [9.17, 15) is 18.0 Å². The molecular weight excluding hydrogens is 593 g/mol. The fourth-order valence-corrected chi connectivity index (χ4v) is 6.58. The molecule has 0 aliphatic rings. The number of anilines is 1. The maximum Gasteiger partial charge on any atom is 0.264 e. The molecule has 42 heavy (non-hydrogen) atoms. The Labute approximate surface area is 259 Å². The Morgan fingerprint density at radius 1 is 0.929 bits per heavy atom. The van der Waals surface area contributed by atoms with Gasteiger partial charge in [0.05, 0.1) is 10.6 Å². The van der Waals surface area contributed by atoms with E-state index in [1.165, 1.54) is 17.0 Å². The van der Waals surface area contributed by atoms with E-state index >= 15 is 0 Å². The van der Waals surface area contributed by atoms with Crippen molar-refractivity contribution in [2.45, 2.75) is 70.9 Å². The van der Waals surface area contributed by atoms with Crippen LogP contribution in [-0.2, 0) is 32.6 Å². The third-order valence-corrected chi connectivity index (χ3v) is 9.46. The lowest BCUT2D eigenvalue weighted by molar-refractivity contribution is -0.140. The molecule has 3 aromatic rings. The highest BCUT2D eigenvalue weighted by Crippen LogP contribution is 2.29. The zero-order valence-corrected chi connectivity index (χ0v) is 26.9. The second kappa shape index (κ2) is 15.4. The lowest BCUT2D eigenvalue weighted by Crippen LogP contribution is -2.52. The predicted octanol–water partition coefficient (Wildman–Crippen LogP) is 6.78. The van der Waals surface area contributed by atoms with E-state index in [0.29, 0.717) is 40.7 Å². The van der Waals surface area contributed by atoms with Crippen molar-refractivity contribution in [3.05, 3.63) is 93.5 Å². The molecule has 0 fully saturated rings. The van der Waals surface area contributed by atoms with E-state index in [-0.39, 0.29) is 17.3 Å². The first-order valence-corrected chi connectivity index (χ1v) is 16.4. The Morgan fingerprint density at radius 3 is 2.24 bits per heavy atom. The van der Waals surface area contributed by atoms with E-state index in [1.54, 1.807) is 42.5 Å². The van der Waals surface area contributed by atoms with Crippen LogP contribution in [0.25, 0.3) is 0 Å². The van der Waals surface area contributed by atoms with Gasteiger partial charge in [0.1, 0.15) is 12.6 Å². The molecule has 0 aliphatic carbocycles. The molecule has 1 atom stereocenters. The first kappa shape index (κ1) is 33.4. The van der Waals surface area contributed by atoms with Gasteiger partial charge in [-0.25, -0.2) is 8.42 Å². The smallest absolute Gasteiger partial charge is 0.264 e. The van der Waals surface area contributed by atoms with Crippen LogP contribution >= 0.6 is 23.2 Å². The van der Waals surface area contributed by atoms with E-state index in [0.717, 1.165) is 28.3 Å². The Morgan fingerprint density at radius 2 is 1.62 bits per heavy atom. The van der Waals surface area contributed by atoms with Crippen molar-refractivity contribution in [3.8, 4) is 0 Å². The molecule has 3 aromatic carbocycles. The van der Waals surface area contributed by atoms with Crippen molar-refractivity contribution in [1.29, 1.82) is 0 Å². The summed E-state index contributed by atoms with van der Waals surface area (Å²) in [4.78, 5) is 29.1. The predicted molar refractivity (Wildman–Crippen MR) is 171 cm³/mol. The molecule has 0 saturated carbocycles. The summed E-state index contributed by atoms with van der Waals surface area (Å²) in [6.45, 7) is 7.63. The first-order valence-electron chi connectivity index (χ1n) is 14.2. The van der Waals surface area contributed by atoms with E-state index < -0.39 is 28.5 Å². The number of nitrogens with one attached hydrogen (secondary N) is 1. The highest BCUT2D eigenvalue weighted by molar-refractivity contribution is 7.92. The number of carbonyl (C=O) groups is 2. The largest absolute Gasteiger partial charge is 0.354 e. The number of halogens is 2. The summed E-state index contributed by atoms with van der Waals surface area (Å²) in [5.74, 6) is -0.827. The number of unbranched alkanes of at least 4 members (excludes halogenated alkanes) is 1. The van der Waals surface area contributed by atoms with Crippen molar-refractivity contribution in [3.63, 3.8) is 0 Å². The number of carbonyl (C=O) groups excluding carboxylic acids is 2. The van der Waals surface area contributed by atoms with Gasteiger partial charge in [-0.1, -0.05) is 92.4 Å². The number of sulfonamides is 1. The van der Waals surface area contributed by atoms with Gasteiger partial charge in [-0.2, -0.15) is 0 Å². The maximum absolute atomic E-state index is 14.2. The number of hydrogen-bond acceptors (Lipinski definition) is 4. The van der Waals surface area contributed by atoms with Gasteiger partial charge in [0, 0.05) is 23.1 Å². The molecule has 0 saturated heterocycles. The zero-order chi connectivity index (χ0) is 30.9. The van der Waals surface area contributed by atoms with E-state index in [1.807, 2.05) is 39.8 Å². The van der Waals surface area contributed by atoms with Crippen LogP contribution in [-0.4, -0.2) is 44.3 Å². The quantitative estimate of drug-likeness (QED) is 0.199. The van der Waals surface area contributed by atoms with Crippen LogP contribution in [0.4, 0.5) is 5.69 Å². The summed E-state index contributed by atoms with van der Waals surface area (Å²) in [5.41, 5.74) is 2.70. The van der Waals surface area contributed by atoms with Gasteiger partial charge in [0.15, 0.2) is 0 Å². The van der Waals surface area contributed by atoms with Gasteiger partial charge < -0.3 is 10.2 Å². The molecule has 1 unspecified atom stereocenters. The van der Waals surface area contributed by atoms with Crippen LogP contribution < -0.4 is 9.62 Å². The molecule has 0 bridgehead atoms. The Balaban J connectivity index is 2.09. The SMILES string of the molecule is CCCCNC(=O)C(CC)N(Cc1ccc(Cl)cc1Cl)C(=O)CN(c1ccccc1CC)S(=O)(=O)c1ccc(C)cc1. The number of amides is 2. The van der Waals surface area contributed by atoms with Crippen LogP contribution in [0.5, 0.6) is 0 Å². The lowest BCUT2D eigenvalue weighted by Gasteiger charge is -2.34. The standard InChI is InChI=1S/C32H39Cl2N3O4S/c1-5-8-19-35-32(39)29(7-3)36(21-25-15-16-26(33)20-28(25)34)31(38)22-37(30-12-10-9-11-24(30)6-2)42(40,41)27-17-13-23(4)14-18-27/h9-18,20,29H,5-8,19,21-22H2,1-4H3,(H,35,39). The molecule has 0 spiro atoms. The van der Waals surface area contributed by atoms with Crippen LogP contribution in [0.2, 0.25) is 10.0 Å². The Bertz CT molecular complexity index is 1480. The summed E-state index contributed by atoms with van der Waals surface area (Å²) in [6, 6.07) is 17.8. The molecule has 226 valence electrons. The van der Waals surface area contributed by atoms with Gasteiger partial charge in [-0.05, 0) is 67.6 Å². The normalized spacial score (nSPS) is 12.0. The topological polar surface area (TPSA) is 86.8 Å². The Hall–Kier alpha value is -3.07. The summed E-state index contributed by atoms with van der Waals surface area (Å²) >= 11 is 12.6. The molecule has 0 heterocycles. The van der Waals surface area contributed by atoms with E-state index in [2.05, 4.69) is 5.32 Å². The van der Waals surface area contributed by atoms with Gasteiger partial charge in [-0.3, -0.25) is 13.9 Å². The summed E-state index contributed by atoms with van der Waals surface area (Å²) in [5, 5.41) is 3.72. The minimum Gasteiger partial charge on any atom is -0.354 e. The Kier molecular flexibility index (Phi) is 12.3. The number of para-hydroxylation sites is 1. The van der Waals surface area contributed by atoms with Gasteiger partial charge in [0.2, 0.25) is 11.8 Å². The maximum atomic E-state index is 14.2. The van der Waals surface area contributed by atoms with Crippen molar-refractivity contribution in [2.75, 3.05) is 17.4 Å². The zero-order valence-electron chi connectivity index (χ0n) is 24.6. The highest BCUT2D eigenvalue weighted by Gasteiger charge is 2.34. The molecule has 1 N–H and O–H groups in total. The molecule has 3 rings (SSSR count). The fourth-order valence-electron chi connectivity index (χ4n) is 4.66. The van der Waals surface area contributed by atoms with Gasteiger partial charge in [-0.15, -0.1) is 0 Å². The summed E-state index contributed by atoms with van der Waals surface area (Å²) < 4.78 is 29.4.